The second kappa shape index (κ2) is 7.57. The molecule has 114 valence electrons. The molecule has 1 N–H and O–H groups in total. The third-order valence-corrected chi connectivity index (χ3v) is 4.74. The molecule has 0 saturated carbocycles. The number of thiophene rings is 1. The summed E-state index contributed by atoms with van der Waals surface area (Å²) in [5.41, 5.74) is 1.70. The van der Waals surface area contributed by atoms with Crippen molar-refractivity contribution in [3.05, 3.63) is 52.0 Å². The number of para-hydroxylation sites is 1. The van der Waals surface area contributed by atoms with Gasteiger partial charge in [-0.05, 0) is 43.0 Å². The summed E-state index contributed by atoms with van der Waals surface area (Å²) < 4.78 is 14.3. The zero-order valence-corrected chi connectivity index (χ0v) is 13.7. The lowest BCUT2D eigenvalue weighted by Crippen LogP contribution is -2.25. The average Bonchev–Trinajstić information content (AvgIpc) is 3.00. The van der Waals surface area contributed by atoms with E-state index in [1.54, 1.807) is 17.4 Å². The first-order valence-corrected chi connectivity index (χ1v) is 8.27. The summed E-state index contributed by atoms with van der Waals surface area (Å²) in [6, 6.07) is 9.61. The molecule has 1 aromatic heterocycles. The molecule has 0 saturated heterocycles. The number of rotatable bonds is 7. The van der Waals surface area contributed by atoms with Crippen molar-refractivity contribution >= 4 is 17.0 Å². The number of nitrogens with one attached hydrogen (secondary N) is 1. The predicted octanol–water partition coefficient (Wildman–Crippen LogP) is 4.58. The second-order valence-electron chi connectivity index (χ2n) is 5.23. The molecule has 2 rings (SSSR count). The van der Waals surface area contributed by atoms with Gasteiger partial charge in [0.25, 0.3) is 0 Å². The number of anilines is 1. The van der Waals surface area contributed by atoms with Gasteiger partial charge in [0.05, 0.1) is 11.7 Å². The summed E-state index contributed by atoms with van der Waals surface area (Å²) in [6.07, 6.45) is 1.08. The third kappa shape index (κ3) is 3.83. The van der Waals surface area contributed by atoms with Crippen molar-refractivity contribution < 1.29 is 4.39 Å². The monoisotopic (exact) mass is 306 g/mol. The normalized spacial score (nSPS) is 12.4. The summed E-state index contributed by atoms with van der Waals surface area (Å²) in [5, 5.41) is 5.42. The molecule has 0 spiro atoms. The third-order valence-electron chi connectivity index (χ3n) is 3.70. The SMILES string of the molecule is CCCNCc1cccc(F)c1N(C)C(C)c1cccs1. The van der Waals surface area contributed by atoms with Crippen LogP contribution in [0.1, 0.15) is 36.8 Å². The number of halogens is 1. The molecular weight excluding hydrogens is 283 g/mol. The molecule has 0 aliphatic carbocycles. The molecular formula is C17H23FN2S. The molecule has 0 radical (unpaired) electrons. The summed E-state index contributed by atoms with van der Waals surface area (Å²) in [4.78, 5) is 3.28. The van der Waals surface area contributed by atoms with Gasteiger partial charge in [-0.3, -0.25) is 0 Å². The van der Waals surface area contributed by atoms with E-state index in [-0.39, 0.29) is 11.9 Å². The van der Waals surface area contributed by atoms with Crippen molar-refractivity contribution in [2.45, 2.75) is 32.9 Å². The van der Waals surface area contributed by atoms with Crippen LogP contribution in [-0.4, -0.2) is 13.6 Å². The molecule has 2 nitrogen and oxygen atoms in total. The van der Waals surface area contributed by atoms with Crippen LogP contribution < -0.4 is 10.2 Å². The zero-order valence-electron chi connectivity index (χ0n) is 12.9. The second-order valence-corrected chi connectivity index (χ2v) is 6.21. The minimum Gasteiger partial charge on any atom is -0.364 e. The van der Waals surface area contributed by atoms with Crippen LogP contribution in [0.5, 0.6) is 0 Å². The van der Waals surface area contributed by atoms with Crippen molar-refractivity contribution in [1.29, 1.82) is 0 Å². The van der Waals surface area contributed by atoms with Crippen LogP contribution >= 0.6 is 11.3 Å². The topological polar surface area (TPSA) is 15.3 Å². The van der Waals surface area contributed by atoms with Crippen LogP contribution in [0.3, 0.4) is 0 Å². The minimum absolute atomic E-state index is 0.156. The molecule has 0 aliphatic heterocycles. The van der Waals surface area contributed by atoms with E-state index in [0.717, 1.165) is 18.5 Å². The molecule has 1 atom stereocenters. The van der Waals surface area contributed by atoms with Gasteiger partial charge in [0.1, 0.15) is 5.82 Å². The Balaban J connectivity index is 2.24. The van der Waals surface area contributed by atoms with E-state index < -0.39 is 0 Å². The van der Waals surface area contributed by atoms with E-state index in [2.05, 4.69) is 30.6 Å². The van der Waals surface area contributed by atoms with Crippen LogP contribution in [0, 0.1) is 5.82 Å². The van der Waals surface area contributed by atoms with Crippen LogP contribution in [-0.2, 0) is 6.54 Å². The molecule has 0 aliphatic rings. The van der Waals surface area contributed by atoms with E-state index in [1.165, 1.54) is 10.9 Å². The lowest BCUT2D eigenvalue weighted by atomic mass is 10.1. The van der Waals surface area contributed by atoms with Gasteiger partial charge in [0, 0.05) is 18.5 Å². The number of hydrogen-bond acceptors (Lipinski definition) is 3. The summed E-state index contributed by atoms with van der Waals surface area (Å²) in [5.74, 6) is -0.156. The zero-order chi connectivity index (χ0) is 15.2. The number of benzene rings is 1. The molecule has 1 unspecified atom stereocenters. The Hall–Kier alpha value is -1.39. The van der Waals surface area contributed by atoms with Gasteiger partial charge in [0.2, 0.25) is 0 Å². The number of nitrogens with zero attached hydrogens (tertiary/aromatic N) is 1. The smallest absolute Gasteiger partial charge is 0.146 e. The van der Waals surface area contributed by atoms with E-state index in [0.29, 0.717) is 12.2 Å². The van der Waals surface area contributed by atoms with Gasteiger partial charge in [0.15, 0.2) is 0 Å². The van der Waals surface area contributed by atoms with Gasteiger partial charge >= 0.3 is 0 Å². The average molecular weight is 306 g/mol. The fourth-order valence-electron chi connectivity index (χ4n) is 2.41. The van der Waals surface area contributed by atoms with Gasteiger partial charge in [-0.15, -0.1) is 11.3 Å². The fourth-order valence-corrected chi connectivity index (χ4v) is 3.24. The van der Waals surface area contributed by atoms with Crippen LogP contribution in [0.4, 0.5) is 10.1 Å². The first kappa shape index (κ1) is 16.0. The van der Waals surface area contributed by atoms with E-state index in [9.17, 15) is 4.39 Å². The molecule has 21 heavy (non-hydrogen) atoms. The van der Waals surface area contributed by atoms with E-state index >= 15 is 0 Å². The van der Waals surface area contributed by atoms with E-state index in [1.807, 2.05) is 24.1 Å². The molecule has 2 aromatic rings. The fraction of sp³-hybridized carbons (Fsp3) is 0.412. The van der Waals surface area contributed by atoms with E-state index in [4.69, 9.17) is 0 Å². The van der Waals surface area contributed by atoms with Crippen molar-refractivity contribution in [3.63, 3.8) is 0 Å². The lowest BCUT2D eigenvalue weighted by molar-refractivity contribution is 0.603. The van der Waals surface area contributed by atoms with Gasteiger partial charge in [-0.1, -0.05) is 25.1 Å². The predicted molar refractivity (Wildman–Crippen MR) is 89.5 cm³/mol. The molecule has 1 aromatic carbocycles. The molecule has 0 bridgehead atoms. The molecule has 0 fully saturated rings. The maximum Gasteiger partial charge on any atom is 0.146 e. The molecule has 1 heterocycles. The van der Waals surface area contributed by atoms with Crippen molar-refractivity contribution in [2.75, 3.05) is 18.5 Å². The highest BCUT2D eigenvalue weighted by molar-refractivity contribution is 7.10. The Labute approximate surface area is 130 Å². The van der Waals surface area contributed by atoms with Gasteiger partial charge < -0.3 is 10.2 Å². The molecule has 4 heteroatoms. The highest BCUT2D eigenvalue weighted by Gasteiger charge is 2.19. The molecule has 0 amide bonds. The highest BCUT2D eigenvalue weighted by Crippen LogP contribution is 2.32. The summed E-state index contributed by atoms with van der Waals surface area (Å²) in [7, 11) is 1.96. The van der Waals surface area contributed by atoms with Gasteiger partial charge in [-0.25, -0.2) is 4.39 Å². The first-order chi connectivity index (χ1) is 10.1. The summed E-state index contributed by atoms with van der Waals surface area (Å²) in [6.45, 7) is 5.88. The highest BCUT2D eigenvalue weighted by atomic mass is 32.1. The Kier molecular flexibility index (Phi) is 5.76. The Morgan fingerprint density at radius 1 is 1.29 bits per heavy atom. The van der Waals surface area contributed by atoms with Crippen LogP contribution in [0.15, 0.2) is 35.7 Å². The maximum atomic E-state index is 14.3. The standard InChI is InChI=1S/C17H23FN2S/c1-4-10-19-12-14-7-5-8-15(18)17(14)20(3)13(2)16-9-6-11-21-16/h5-9,11,13,19H,4,10,12H2,1-3H3. The van der Waals surface area contributed by atoms with Crippen LogP contribution in [0.2, 0.25) is 0 Å². The largest absolute Gasteiger partial charge is 0.364 e. The van der Waals surface area contributed by atoms with Crippen molar-refractivity contribution in [2.24, 2.45) is 0 Å². The summed E-state index contributed by atoms with van der Waals surface area (Å²) >= 11 is 1.71. The number of hydrogen-bond donors (Lipinski definition) is 1. The maximum absolute atomic E-state index is 14.3. The van der Waals surface area contributed by atoms with Crippen molar-refractivity contribution in [1.82, 2.24) is 5.32 Å². The Morgan fingerprint density at radius 3 is 2.76 bits per heavy atom. The van der Waals surface area contributed by atoms with Crippen molar-refractivity contribution in [3.8, 4) is 0 Å². The lowest BCUT2D eigenvalue weighted by Gasteiger charge is -2.29. The minimum atomic E-state index is -0.156. The first-order valence-electron chi connectivity index (χ1n) is 7.39. The quantitative estimate of drug-likeness (QED) is 0.753. The Bertz CT molecular complexity index is 554. The van der Waals surface area contributed by atoms with Gasteiger partial charge in [-0.2, -0.15) is 0 Å². The Morgan fingerprint density at radius 2 is 2.10 bits per heavy atom. The van der Waals surface area contributed by atoms with Crippen LogP contribution in [0.25, 0.3) is 0 Å².